The molecule has 1 heterocycles. The van der Waals surface area contributed by atoms with E-state index in [1.807, 2.05) is 18.7 Å². The molecular formula is C16H20ClN3. The predicted octanol–water partition coefficient (Wildman–Crippen LogP) is 3.55. The molecule has 20 heavy (non-hydrogen) atoms. The average Bonchev–Trinajstić information content (AvgIpc) is 2.70. The van der Waals surface area contributed by atoms with E-state index in [1.54, 1.807) is 0 Å². The molecule has 0 spiro atoms. The summed E-state index contributed by atoms with van der Waals surface area (Å²) < 4.78 is 1.87. The van der Waals surface area contributed by atoms with Gasteiger partial charge in [0.15, 0.2) is 0 Å². The molecule has 1 aromatic carbocycles. The fourth-order valence-electron chi connectivity index (χ4n) is 3.06. The predicted molar refractivity (Wildman–Crippen MR) is 81.9 cm³/mol. The Morgan fingerprint density at radius 1 is 1.40 bits per heavy atom. The number of nitrogens with one attached hydrogen (secondary N) is 1. The summed E-state index contributed by atoms with van der Waals surface area (Å²) in [6, 6.07) is 9.15. The summed E-state index contributed by atoms with van der Waals surface area (Å²) in [6.07, 6.45) is 3.62. The fourth-order valence-corrected chi connectivity index (χ4v) is 3.28. The number of hydrogen-bond donors (Lipinski definition) is 1. The topological polar surface area (TPSA) is 29.9 Å². The maximum atomic E-state index is 6.31. The molecule has 0 saturated carbocycles. The van der Waals surface area contributed by atoms with Gasteiger partial charge in [-0.1, -0.05) is 35.9 Å². The summed E-state index contributed by atoms with van der Waals surface area (Å²) in [4.78, 5) is 0. The molecule has 3 nitrogen and oxygen atoms in total. The zero-order valence-corrected chi connectivity index (χ0v) is 12.7. The van der Waals surface area contributed by atoms with Crippen LogP contribution < -0.4 is 5.32 Å². The molecule has 0 bridgehead atoms. The Morgan fingerprint density at radius 3 is 2.95 bits per heavy atom. The summed E-state index contributed by atoms with van der Waals surface area (Å²) in [5, 5.41) is 8.79. The van der Waals surface area contributed by atoms with E-state index in [2.05, 4.69) is 34.7 Å². The first-order valence-corrected chi connectivity index (χ1v) is 7.53. The van der Waals surface area contributed by atoms with E-state index in [1.165, 1.54) is 30.4 Å². The Bertz CT molecular complexity index is 618. The van der Waals surface area contributed by atoms with E-state index in [0.29, 0.717) is 6.04 Å². The monoisotopic (exact) mass is 289 g/mol. The summed E-state index contributed by atoms with van der Waals surface area (Å²) in [7, 11) is 1.95. The summed E-state index contributed by atoms with van der Waals surface area (Å²) in [6.45, 7) is 2.71. The van der Waals surface area contributed by atoms with Crippen molar-refractivity contribution in [2.75, 3.05) is 0 Å². The van der Waals surface area contributed by atoms with Gasteiger partial charge >= 0.3 is 0 Å². The van der Waals surface area contributed by atoms with Crippen molar-refractivity contribution < 1.29 is 0 Å². The molecule has 3 rings (SSSR count). The molecule has 0 amide bonds. The van der Waals surface area contributed by atoms with E-state index >= 15 is 0 Å². The third kappa shape index (κ3) is 2.48. The standard InChI is InChI=1S/C16H20ClN3/c1-11-16(17)15(20(2)19-11)10-18-14-9-5-7-12-6-3-4-8-13(12)14/h3-4,6,8,14,18H,5,7,9-10H2,1-2H3. The number of hydrogen-bond acceptors (Lipinski definition) is 2. The van der Waals surface area contributed by atoms with Gasteiger partial charge in [-0.05, 0) is 37.3 Å². The molecule has 0 radical (unpaired) electrons. The van der Waals surface area contributed by atoms with E-state index < -0.39 is 0 Å². The van der Waals surface area contributed by atoms with Crippen LogP contribution in [0, 0.1) is 6.92 Å². The minimum Gasteiger partial charge on any atom is -0.304 e. The maximum absolute atomic E-state index is 6.31. The Labute approximate surface area is 124 Å². The second-order valence-electron chi connectivity index (χ2n) is 5.49. The van der Waals surface area contributed by atoms with Crippen molar-refractivity contribution in [3.63, 3.8) is 0 Å². The molecule has 1 atom stereocenters. The van der Waals surface area contributed by atoms with Crippen LogP contribution in [0.4, 0.5) is 0 Å². The molecule has 4 heteroatoms. The van der Waals surface area contributed by atoms with Gasteiger partial charge in [-0.15, -0.1) is 0 Å². The van der Waals surface area contributed by atoms with Gasteiger partial charge in [-0.3, -0.25) is 4.68 Å². The van der Waals surface area contributed by atoms with Gasteiger partial charge in [0.25, 0.3) is 0 Å². The van der Waals surface area contributed by atoms with Crippen LogP contribution in [0.3, 0.4) is 0 Å². The molecule has 1 N–H and O–H groups in total. The van der Waals surface area contributed by atoms with Crippen molar-refractivity contribution in [3.05, 3.63) is 51.8 Å². The molecular weight excluding hydrogens is 270 g/mol. The molecule has 1 aliphatic rings. The lowest BCUT2D eigenvalue weighted by atomic mass is 9.88. The molecule has 1 aromatic heterocycles. The number of aromatic nitrogens is 2. The van der Waals surface area contributed by atoms with Gasteiger partial charge < -0.3 is 5.32 Å². The van der Waals surface area contributed by atoms with E-state index in [4.69, 9.17) is 11.6 Å². The minimum atomic E-state index is 0.422. The molecule has 1 unspecified atom stereocenters. The smallest absolute Gasteiger partial charge is 0.0860 e. The lowest BCUT2D eigenvalue weighted by Gasteiger charge is -2.26. The number of aryl methyl sites for hydroxylation is 3. The van der Waals surface area contributed by atoms with Gasteiger partial charge in [-0.2, -0.15) is 5.10 Å². The molecule has 2 aromatic rings. The van der Waals surface area contributed by atoms with Crippen LogP contribution in [-0.4, -0.2) is 9.78 Å². The first-order chi connectivity index (χ1) is 9.66. The first kappa shape index (κ1) is 13.7. The fraction of sp³-hybridized carbons (Fsp3) is 0.438. The minimum absolute atomic E-state index is 0.422. The average molecular weight is 290 g/mol. The van der Waals surface area contributed by atoms with Gasteiger partial charge in [-0.25, -0.2) is 0 Å². The highest BCUT2D eigenvalue weighted by Gasteiger charge is 2.20. The molecule has 1 aliphatic carbocycles. The van der Waals surface area contributed by atoms with Gasteiger partial charge in [0.05, 0.1) is 16.4 Å². The van der Waals surface area contributed by atoms with Crippen molar-refractivity contribution in [1.82, 2.24) is 15.1 Å². The molecule has 0 aliphatic heterocycles. The number of halogens is 1. The van der Waals surface area contributed by atoms with E-state index in [9.17, 15) is 0 Å². The van der Waals surface area contributed by atoms with Crippen molar-refractivity contribution in [1.29, 1.82) is 0 Å². The summed E-state index contributed by atoms with van der Waals surface area (Å²) >= 11 is 6.31. The lowest BCUT2D eigenvalue weighted by molar-refractivity contribution is 0.450. The summed E-state index contributed by atoms with van der Waals surface area (Å²) in [5.41, 5.74) is 4.87. The van der Waals surface area contributed by atoms with Gasteiger partial charge in [0, 0.05) is 19.6 Å². The highest BCUT2D eigenvalue weighted by Crippen LogP contribution is 2.30. The van der Waals surface area contributed by atoms with Crippen molar-refractivity contribution in [2.45, 2.75) is 38.8 Å². The Kier molecular flexibility index (Phi) is 3.81. The lowest BCUT2D eigenvalue weighted by Crippen LogP contribution is -2.25. The Morgan fingerprint density at radius 2 is 2.20 bits per heavy atom. The highest BCUT2D eigenvalue weighted by atomic mass is 35.5. The van der Waals surface area contributed by atoms with Crippen LogP contribution >= 0.6 is 11.6 Å². The zero-order chi connectivity index (χ0) is 14.1. The molecule has 106 valence electrons. The first-order valence-electron chi connectivity index (χ1n) is 7.16. The van der Waals surface area contributed by atoms with Crippen LogP contribution in [0.2, 0.25) is 5.02 Å². The second-order valence-corrected chi connectivity index (χ2v) is 5.87. The molecule has 0 saturated heterocycles. The number of rotatable bonds is 3. The Hall–Kier alpha value is -1.32. The summed E-state index contributed by atoms with van der Waals surface area (Å²) in [5.74, 6) is 0. The number of fused-ring (bicyclic) bond motifs is 1. The quantitative estimate of drug-likeness (QED) is 0.936. The largest absolute Gasteiger partial charge is 0.304 e. The van der Waals surface area contributed by atoms with Crippen molar-refractivity contribution >= 4 is 11.6 Å². The van der Waals surface area contributed by atoms with Crippen molar-refractivity contribution in [2.24, 2.45) is 7.05 Å². The zero-order valence-electron chi connectivity index (χ0n) is 12.0. The van der Waals surface area contributed by atoms with Crippen LogP contribution in [0.5, 0.6) is 0 Å². The van der Waals surface area contributed by atoms with Crippen LogP contribution in [0.1, 0.15) is 41.4 Å². The van der Waals surface area contributed by atoms with Crippen molar-refractivity contribution in [3.8, 4) is 0 Å². The SMILES string of the molecule is Cc1nn(C)c(CNC2CCCc3ccccc32)c1Cl. The van der Waals surface area contributed by atoms with E-state index in [-0.39, 0.29) is 0 Å². The Balaban J connectivity index is 1.77. The third-order valence-electron chi connectivity index (χ3n) is 4.15. The van der Waals surface area contributed by atoms with E-state index in [0.717, 1.165) is 23.0 Å². The number of nitrogens with zero attached hydrogens (tertiary/aromatic N) is 2. The van der Waals surface area contributed by atoms with Crippen LogP contribution in [0.25, 0.3) is 0 Å². The van der Waals surface area contributed by atoms with Gasteiger partial charge in [0.2, 0.25) is 0 Å². The second kappa shape index (κ2) is 5.58. The van der Waals surface area contributed by atoms with Gasteiger partial charge in [0.1, 0.15) is 0 Å². The number of benzene rings is 1. The van der Waals surface area contributed by atoms with Crippen LogP contribution in [-0.2, 0) is 20.0 Å². The maximum Gasteiger partial charge on any atom is 0.0860 e. The molecule has 0 fully saturated rings. The highest BCUT2D eigenvalue weighted by molar-refractivity contribution is 6.31. The van der Waals surface area contributed by atoms with Crippen LogP contribution in [0.15, 0.2) is 24.3 Å². The normalized spacial score (nSPS) is 18.1. The third-order valence-corrected chi connectivity index (χ3v) is 4.64.